The SMILES string of the molecule is Cc1cc2c3c(c1)N(c1ccc(C(C)(C)C)cc1-c1ccccc1)c1c(sc4cc5c(cc14)C(C)(C)CCC5(C)C)B3c1ccc(N(C3=CCCC=C3)C3=CC=CCC3)cc1N2c1ccc(C(C)C)cc1. The molecule has 0 fully saturated rings. The van der Waals surface area contributed by atoms with E-state index in [2.05, 4.69) is 236 Å². The van der Waals surface area contributed by atoms with Crippen LogP contribution in [0.15, 0.2) is 163 Å². The molecule has 0 unspecified atom stereocenters. The van der Waals surface area contributed by atoms with Crippen LogP contribution in [0.3, 0.4) is 0 Å². The van der Waals surface area contributed by atoms with Crippen molar-refractivity contribution in [2.45, 2.75) is 130 Å². The Bertz CT molecular complexity index is 3410. The molecular weight excluding hydrogens is 878 g/mol. The van der Waals surface area contributed by atoms with Crippen LogP contribution in [0.2, 0.25) is 0 Å². The number of anilines is 7. The van der Waals surface area contributed by atoms with Gasteiger partial charge in [-0.3, -0.25) is 0 Å². The number of aryl methyl sites for hydroxylation is 1. The molecule has 3 nitrogen and oxygen atoms in total. The highest BCUT2D eigenvalue weighted by Crippen LogP contribution is 2.54. The van der Waals surface area contributed by atoms with Crippen LogP contribution in [0, 0.1) is 6.92 Å². The molecule has 0 amide bonds. The van der Waals surface area contributed by atoms with Crippen molar-refractivity contribution in [2.75, 3.05) is 14.7 Å². The zero-order chi connectivity index (χ0) is 49.1. The Balaban J connectivity index is 1.19. The maximum atomic E-state index is 2.71. The molecule has 7 aromatic rings. The third kappa shape index (κ3) is 7.60. The molecule has 5 aliphatic rings. The Kier molecular flexibility index (Phi) is 10.9. The van der Waals surface area contributed by atoms with E-state index >= 15 is 0 Å². The van der Waals surface area contributed by atoms with Crippen molar-refractivity contribution in [1.29, 1.82) is 0 Å². The van der Waals surface area contributed by atoms with E-state index in [-0.39, 0.29) is 23.0 Å². The number of thiophene rings is 1. The monoisotopic (exact) mass is 946 g/mol. The van der Waals surface area contributed by atoms with E-state index in [9.17, 15) is 0 Å². The molecular formula is C66H68BN3S. The Morgan fingerprint density at radius 2 is 1.44 bits per heavy atom. The third-order valence-electron chi connectivity index (χ3n) is 16.5. The minimum absolute atomic E-state index is 0.0191. The predicted octanol–water partition coefficient (Wildman–Crippen LogP) is 17.0. The van der Waals surface area contributed by atoms with Gasteiger partial charge in [0.2, 0.25) is 0 Å². The molecule has 1 aromatic heterocycles. The lowest BCUT2D eigenvalue weighted by molar-refractivity contribution is 0.332. The summed E-state index contributed by atoms with van der Waals surface area (Å²) in [6.45, 7) is 23.8. The summed E-state index contributed by atoms with van der Waals surface area (Å²) in [5, 5.41) is 1.37. The second-order valence-corrected chi connectivity index (χ2v) is 24.8. The molecule has 71 heavy (non-hydrogen) atoms. The van der Waals surface area contributed by atoms with Crippen molar-refractivity contribution < 1.29 is 0 Å². The van der Waals surface area contributed by atoms with Gasteiger partial charge in [0.25, 0.3) is 6.71 Å². The van der Waals surface area contributed by atoms with Gasteiger partial charge in [-0.15, -0.1) is 11.3 Å². The van der Waals surface area contributed by atoms with E-state index in [0.29, 0.717) is 5.92 Å². The minimum Gasteiger partial charge on any atom is -0.314 e. The lowest BCUT2D eigenvalue weighted by Gasteiger charge is -2.44. The molecule has 356 valence electrons. The van der Waals surface area contributed by atoms with E-state index in [1.165, 1.54) is 129 Å². The van der Waals surface area contributed by atoms with Gasteiger partial charge in [-0.05, 0) is 185 Å². The van der Waals surface area contributed by atoms with Crippen molar-refractivity contribution in [3.05, 3.63) is 191 Å². The van der Waals surface area contributed by atoms with Gasteiger partial charge in [0.15, 0.2) is 0 Å². The van der Waals surface area contributed by atoms with Crippen molar-refractivity contribution in [2.24, 2.45) is 0 Å². The van der Waals surface area contributed by atoms with Crippen molar-refractivity contribution in [1.82, 2.24) is 0 Å². The van der Waals surface area contributed by atoms with Crippen LogP contribution in [-0.2, 0) is 16.2 Å². The van der Waals surface area contributed by atoms with Gasteiger partial charge in [-0.25, -0.2) is 0 Å². The van der Waals surface area contributed by atoms with Gasteiger partial charge in [0, 0.05) is 60.3 Å². The summed E-state index contributed by atoms with van der Waals surface area (Å²) in [5.74, 6) is 0.439. The Morgan fingerprint density at radius 1 is 0.704 bits per heavy atom. The van der Waals surface area contributed by atoms with Crippen LogP contribution >= 0.6 is 11.3 Å². The first-order valence-electron chi connectivity index (χ1n) is 26.4. The van der Waals surface area contributed by atoms with Gasteiger partial charge < -0.3 is 14.7 Å². The molecule has 2 aliphatic heterocycles. The van der Waals surface area contributed by atoms with E-state index in [0.717, 1.165) is 25.7 Å². The fourth-order valence-electron chi connectivity index (χ4n) is 12.4. The van der Waals surface area contributed by atoms with Crippen LogP contribution in [0.25, 0.3) is 21.2 Å². The summed E-state index contributed by atoms with van der Waals surface area (Å²) >= 11 is 2.04. The molecule has 0 bridgehead atoms. The molecule has 0 radical (unpaired) electrons. The fraction of sp³-hybridized carbons (Fsp3) is 0.303. The average molecular weight is 946 g/mol. The molecule has 6 aromatic carbocycles. The summed E-state index contributed by atoms with van der Waals surface area (Å²) in [4.78, 5) is 7.87. The molecule has 0 spiro atoms. The van der Waals surface area contributed by atoms with Crippen LogP contribution in [-0.4, -0.2) is 6.71 Å². The summed E-state index contributed by atoms with van der Waals surface area (Å²) in [6.07, 6.45) is 20.6. The quantitative estimate of drug-likeness (QED) is 0.147. The van der Waals surface area contributed by atoms with Gasteiger partial charge in [-0.1, -0.05) is 141 Å². The number of rotatable bonds is 7. The molecule has 0 atom stereocenters. The first kappa shape index (κ1) is 45.8. The predicted molar refractivity (Wildman–Crippen MR) is 309 cm³/mol. The topological polar surface area (TPSA) is 9.72 Å². The zero-order valence-corrected chi connectivity index (χ0v) is 44.4. The number of nitrogens with zero attached hydrogens (tertiary/aromatic N) is 3. The summed E-state index contributed by atoms with van der Waals surface area (Å²) in [7, 11) is 0. The van der Waals surface area contributed by atoms with Crippen LogP contribution in [0.4, 0.5) is 39.8 Å². The number of hydrogen-bond acceptors (Lipinski definition) is 4. The lowest BCUT2D eigenvalue weighted by atomic mass is 9.36. The van der Waals surface area contributed by atoms with Gasteiger partial charge in [0.05, 0.1) is 11.4 Å². The third-order valence-corrected chi connectivity index (χ3v) is 17.7. The minimum atomic E-state index is -0.0208. The Morgan fingerprint density at radius 3 is 2.11 bits per heavy atom. The maximum absolute atomic E-state index is 2.71. The van der Waals surface area contributed by atoms with E-state index in [1.54, 1.807) is 0 Å². The molecule has 0 saturated heterocycles. The molecule has 3 heterocycles. The second kappa shape index (κ2) is 16.9. The highest BCUT2D eigenvalue weighted by Gasteiger charge is 2.47. The standard InChI is InChI=1S/C66H68BN3S/c1-42(2)44-26-29-49(30-27-44)69-57-39-50(68(47-22-16-12-17-23-47)48-24-18-13-19-25-48)31-32-55(57)67-61-58(69)36-43(3)37-59(61)70(56-33-28-46(64(4,5)6)38-51(56)45-20-14-11-15-21-45)62-52-40-53-54(41-60(52)71-63(62)67)66(9,10)35-34-65(53,7)8/h11-12,14-16,18,20-22,24-33,36-42H,13,17,19,23,34-35H2,1-10H3. The van der Waals surface area contributed by atoms with E-state index in [4.69, 9.17) is 0 Å². The highest BCUT2D eigenvalue weighted by atomic mass is 32.1. The van der Waals surface area contributed by atoms with Gasteiger partial charge >= 0.3 is 0 Å². The van der Waals surface area contributed by atoms with Gasteiger partial charge in [-0.2, -0.15) is 0 Å². The average Bonchev–Trinajstić information content (AvgIpc) is 3.74. The van der Waals surface area contributed by atoms with E-state index < -0.39 is 0 Å². The first-order valence-corrected chi connectivity index (χ1v) is 27.2. The molecule has 0 saturated carbocycles. The zero-order valence-electron chi connectivity index (χ0n) is 43.6. The lowest BCUT2D eigenvalue weighted by Crippen LogP contribution is -2.60. The molecule has 5 heteroatoms. The maximum Gasteiger partial charge on any atom is 0.264 e. The number of allylic oxidation sites excluding steroid dienone is 7. The molecule has 0 N–H and O–H groups in total. The number of hydrogen-bond donors (Lipinski definition) is 0. The number of fused-ring (bicyclic) bond motifs is 7. The van der Waals surface area contributed by atoms with Crippen LogP contribution < -0.4 is 30.4 Å². The van der Waals surface area contributed by atoms with E-state index in [1.807, 2.05) is 11.3 Å². The van der Waals surface area contributed by atoms with Crippen molar-refractivity contribution in [3.8, 4) is 11.1 Å². The first-order chi connectivity index (χ1) is 34.1. The Labute approximate surface area is 428 Å². The van der Waals surface area contributed by atoms with Gasteiger partial charge in [0.1, 0.15) is 0 Å². The largest absolute Gasteiger partial charge is 0.314 e. The van der Waals surface area contributed by atoms with Crippen molar-refractivity contribution in [3.63, 3.8) is 0 Å². The smallest absolute Gasteiger partial charge is 0.264 e. The summed E-state index contributed by atoms with van der Waals surface area (Å²) in [5.41, 5.74) is 23.7. The molecule has 12 rings (SSSR count). The van der Waals surface area contributed by atoms with Crippen molar-refractivity contribution >= 4 is 83.6 Å². The normalized spacial score (nSPS) is 17.4. The molecule has 3 aliphatic carbocycles. The fourth-order valence-corrected chi connectivity index (χ4v) is 13.7. The van der Waals surface area contributed by atoms with Crippen LogP contribution in [0.5, 0.6) is 0 Å². The number of benzene rings is 6. The summed E-state index contributed by atoms with van der Waals surface area (Å²) in [6, 6.07) is 45.6. The Hall–Kier alpha value is -6.30. The van der Waals surface area contributed by atoms with Crippen LogP contribution in [0.1, 0.15) is 135 Å². The second-order valence-electron chi connectivity index (χ2n) is 23.7. The highest BCUT2D eigenvalue weighted by molar-refractivity contribution is 7.33. The summed E-state index contributed by atoms with van der Waals surface area (Å²) < 4.78 is 2.81.